The Kier molecular flexibility index (Phi) is 4.27. The van der Waals surface area contributed by atoms with Crippen LogP contribution in [0.15, 0.2) is 36.4 Å². The van der Waals surface area contributed by atoms with Gasteiger partial charge in [0, 0.05) is 11.6 Å². The maximum atomic E-state index is 11.4. The molecule has 0 aromatic heterocycles. The fourth-order valence-electron chi connectivity index (χ4n) is 1.13. The highest BCUT2D eigenvalue weighted by Gasteiger charge is 2.02. The molecule has 16 heavy (non-hydrogen) atoms. The molecular formula is C12H12O4. The van der Waals surface area contributed by atoms with Gasteiger partial charge in [-0.15, -0.1) is 0 Å². The predicted octanol–water partition coefficient (Wildman–Crippen LogP) is 1.91. The number of carbonyl (C=O) groups excluding carboxylic acids is 1. The van der Waals surface area contributed by atoms with E-state index < -0.39 is 5.97 Å². The van der Waals surface area contributed by atoms with Gasteiger partial charge in [-0.2, -0.15) is 0 Å². The van der Waals surface area contributed by atoms with E-state index in [4.69, 9.17) is 9.84 Å². The third-order valence-electron chi connectivity index (χ3n) is 1.83. The summed E-state index contributed by atoms with van der Waals surface area (Å²) in [4.78, 5) is 21.6. The van der Waals surface area contributed by atoms with Crippen molar-refractivity contribution >= 4 is 11.8 Å². The Morgan fingerprint density at radius 1 is 1.25 bits per heavy atom. The summed E-state index contributed by atoms with van der Waals surface area (Å²) in [5.41, 5.74) is 0.431. The van der Waals surface area contributed by atoms with Crippen molar-refractivity contribution < 1.29 is 19.4 Å². The lowest BCUT2D eigenvalue weighted by atomic mass is 10.1. The summed E-state index contributed by atoms with van der Waals surface area (Å²) in [5, 5.41) is 8.36. The van der Waals surface area contributed by atoms with Crippen LogP contribution in [0.2, 0.25) is 0 Å². The van der Waals surface area contributed by atoms with Crippen molar-refractivity contribution in [2.45, 2.75) is 6.92 Å². The van der Waals surface area contributed by atoms with Crippen LogP contribution < -0.4 is 4.74 Å². The second kappa shape index (κ2) is 5.70. The van der Waals surface area contributed by atoms with E-state index >= 15 is 0 Å². The van der Waals surface area contributed by atoms with Crippen molar-refractivity contribution in [1.29, 1.82) is 0 Å². The van der Waals surface area contributed by atoms with Gasteiger partial charge in [0.15, 0.2) is 5.78 Å². The molecule has 0 radical (unpaired) electrons. The van der Waals surface area contributed by atoms with E-state index in [0.29, 0.717) is 17.9 Å². The molecule has 4 nitrogen and oxygen atoms in total. The average molecular weight is 220 g/mol. The Morgan fingerprint density at radius 2 is 1.88 bits per heavy atom. The highest BCUT2D eigenvalue weighted by molar-refractivity contribution is 6.06. The molecule has 0 aliphatic carbocycles. The highest BCUT2D eigenvalue weighted by atomic mass is 16.5. The number of rotatable bonds is 5. The Bertz CT molecular complexity index is 404. The monoisotopic (exact) mass is 220 g/mol. The van der Waals surface area contributed by atoms with Gasteiger partial charge < -0.3 is 9.84 Å². The molecule has 0 atom stereocenters. The second-order valence-electron chi connectivity index (χ2n) is 2.99. The number of benzene rings is 1. The first-order valence-corrected chi connectivity index (χ1v) is 4.81. The van der Waals surface area contributed by atoms with Gasteiger partial charge in [-0.3, -0.25) is 4.79 Å². The van der Waals surface area contributed by atoms with Crippen molar-refractivity contribution in [1.82, 2.24) is 0 Å². The Hall–Kier alpha value is -2.10. The van der Waals surface area contributed by atoms with Gasteiger partial charge in [-0.1, -0.05) is 0 Å². The standard InChI is InChI=1S/C12H12O4/c1-2-16-10-5-3-9(4-6-10)11(13)7-8-12(14)15/h3-8H,2H2,1H3,(H,14,15). The minimum absolute atomic E-state index is 0.342. The largest absolute Gasteiger partial charge is 0.494 e. The van der Waals surface area contributed by atoms with E-state index in [1.54, 1.807) is 24.3 Å². The lowest BCUT2D eigenvalue weighted by molar-refractivity contribution is -0.131. The van der Waals surface area contributed by atoms with Crippen LogP contribution in [0, 0.1) is 0 Å². The second-order valence-corrected chi connectivity index (χ2v) is 2.99. The molecule has 1 N–H and O–H groups in total. The Balaban J connectivity index is 2.74. The zero-order valence-corrected chi connectivity index (χ0v) is 8.84. The SMILES string of the molecule is CCOc1ccc(C(=O)C=CC(=O)O)cc1. The van der Waals surface area contributed by atoms with Crippen molar-refractivity contribution in [3.05, 3.63) is 42.0 Å². The summed E-state index contributed by atoms with van der Waals surface area (Å²) in [6.07, 6.45) is 1.84. The topological polar surface area (TPSA) is 63.6 Å². The highest BCUT2D eigenvalue weighted by Crippen LogP contribution is 2.12. The molecule has 84 valence electrons. The van der Waals surface area contributed by atoms with Gasteiger partial charge in [0.1, 0.15) is 5.75 Å². The lowest BCUT2D eigenvalue weighted by Gasteiger charge is -2.02. The van der Waals surface area contributed by atoms with Gasteiger partial charge in [-0.05, 0) is 37.3 Å². The number of carbonyl (C=O) groups is 2. The number of ketones is 1. The fraction of sp³-hybridized carbons (Fsp3) is 0.167. The Labute approximate surface area is 93.2 Å². The summed E-state index contributed by atoms with van der Waals surface area (Å²) in [6.45, 7) is 2.43. The number of hydrogen-bond donors (Lipinski definition) is 1. The van der Waals surface area contributed by atoms with E-state index in [1.807, 2.05) is 6.92 Å². The maximum absolute atomic E-state index is 11.4. The molecule has 4 heteroatoms. The predicted molar refractivity (Wildman–Crippen MR) is 58.7 cm³/mol. The molecule has 0 aliphatic heterocycles. The third-order valence-corrected chi connectivity index (χ3v) is 1.83. The molecule has 1 aromatic carbocycles. The number of carboxylic acid groups (broad SMARTS) is 1. The van der Waals surface area contributed by atoms with E-state index in [0.717, 1.165) is 12.2 Å². The third kappa shape index (κ3) is 3.57. The molecule has 0 saturated heterocycles. The van der Waals surface area contributed by atoms with Gasteiger partial charge in [0.25, 0.3) is 0 Å². The normalized spacial score (nSPS) is 10.3. The molecule has 0 fully saturated rings. The summed E-state index contributed by atoms with van der Waals surface area (Å²) >= 11 is 0. The first kappa shape index (κ1) is 12.0. The van der Waals surface area contributed by atoms with E-state index in [-0.39, 0.29) is 5.78 Å². The summed E-state index contributed by atoms with van der Waals surface area (Å²) in [7, 11) is 0. The molecule has 0 spiro atoms. The number of aliphatic carboxylic acids is 1. The van der Waals surface area contributed by atoms with Crippen molar-refractivity contribution in [2.75, 3.05) is 6.61 Å². The molecule has 0 aliphatic rings. The van der Waals surface area contributed by atoms with E-state index in [1.165, 1.54) is 0 Å². The van der Waals surface area contributed by atoms with Crippen LogP contribution in [-0.2, 0) is 4.79 Å². The van der Waals surface area contributed by atoms with Gasteiger partial charge in [0.05, 0.1) is 6.61 Å². The van der Waals surface area contributed by atoms with Crippen molar-refractivity contribution in [3.63, 3.8) is 0 Å². The van der Waals surface area contributed by atoms with E-state index in [2.05, 4.69) is 0 Å². The van der Waals surface area contributed by atoms with Crippen LogP contribution in [-0.4, -0.2) is 23.5 Å². The zero-order chi connectivity index (χ0) is 12.0. The first-order chi connectivity index (χ1) is 7.63. The number of ether oxygens (including phenoxy) is 1. The molecule has 0 bridgehead atoms. The van der Waals surface area contributed by atoms with Gasteiger partial charge >= 0.3 is 5.97 Å². The molecule has 0 saturated carbocycles. The molecular weight excluding hydrogens is 208 g/mol. The summed E-state index contributed by atoms with van der Waals surface area (Å²) in [5.74, 6) is -0.800. The number of allylic oxidation sites excluding steroid dienone is 1. The van der Waals surface area contributed by atoms with Crippen LogP contribution in [0.3, 0.4) is 0 Å². The van der Waals surface area contributed by atoms with Crippen LogP contribution >= 0.6 is 0 Å². The molecule has 0 amide bonds. The molecule has 0 unspecified atom stereocenters. The smallest absolute Gasteiger partial charge is 0.328 e. The van der Waals surface area contributed by atoms with Gasteiger partial charge in [-0.25, -0.2) is 4.79 Å². The zero-order valence-electron chi connectivity index (χ0n) is 8.84. The van der Waals surface area contributed by atoms with Crippen LogP contribution in [0.4, 0.5) is 0 Å². The average Bonchev–Trinajstić information content (AvgIpc) is 2.27. The minimum atomic E-state index is -1.14. The van der Waals surface area contributed by atoms with Crippen LogP contribution in [0.1, 0.15) is 17.3 Å². The van der Waals surface area contributed by atoms with Gasteiger partial charge in [0.2, 0.25) is 0 Å². The fourth-order valence-corrected chi connectivity index (χ4v) is 1.13. The quantitative estimate of drug-likeness (QED) is 0.608. The summed E-state index contributed by atoms with van der Waals surface area (Å²) in [6, 6.07) is 6.54. The molecule has 1 rings (SSSR count). The maximum Gasteiger partial charge on any atom is 0.328 e. The molecule has 1 aromatic rings. The Morgan fingerprint density at radius 3 is 2.38 bits per heavy atom. The van der Waals surface area contributed by atoms with Crippen molar-refractivity contribution in [3.8, 4) is 5.75 Å². The van der Waals surface area contributed by atoms with Crippen LogP contribution in [0.5, 0.6) is 5.75 Å². The minimum Gasteiger partial charge on any atom is -0.494 e. The number of hydrogen-bond acceptors (Lipinski definition) is 3. The summed E-state index contributed by atoms with van der Waals surface area (Å²) < 4.78 is 5.22. The van der Waals surface area contributed by atoms with Crippen molar-refractivity contribution in [2.24, 2.45) is 0 Å². The van der Waals surface area contributed by atoms with Crippen LogP contribution in [0.25, 0.3) is 0 Å². The first-order valence-electron chi connectivity index (χ1n) is 4.81. The lowest BCUT2D eigenvalue weighted by Crippen LogP contribution is -1.97. The van der Waals surface area contributed by atoms with E-state index in [9.17, 15) is 9.59 Å². The number of carboxylic acids is 1. The molecule has 0 heterocycles.